The molecule has 4 rings (SSSR count). The number of nitrogens with one attached hydrogen (secondary N) is 1. The van der Waals surface area contributed by atoms with Gasteiger partial charge in [0.05, 0.1) is 0 Å². The predicted octanol–water partition coefficient (Wildman–Crippen LogP) is 4.10. The van der Waals surface area contributed by atoms with Crippen LogP contribution in [0.1, 0.15) is 22.4 Å². The van der Waals surface area contributed by atoms with E-state index in [1.54, 1.807) is 17.5 Å². The topological polar surface area (TPSA) is 57.2 Å². The van der Waals surface area contributed by atoms with Crippen molar-refractivity contribution in [3.8, 4) is 10.7 Å². The van der Waals surface area contributed by atoms with Crippen molar-refractivity contribution >= 4 is 23.0 Å². The first kappa shape index (κ1) is 19.9. The number of hydrogen-bond donors (Lipinski definition) is 1. The highest BCUT2D eigenvalue weighted by Gasteiger charge is 2.14. The van der Waals surface area contributed by atoms with E-state index in [-0.39, 0.29) is 0 Å². The number of thiazole rings is 1. The Morgan fingerprint density at radius 3 is 2.69 bits per heavy atom. The van der Waals surface area contributed by atoms with Crippen molar-refractivity contribution in [3.63, 3.8) is 0 Å². The first-order valence-electron chi connectivity index (χ1n) is 10.1. The maximum atomic E-state index is 4.69. The van der Waals surface area contributed by atoms with Crippen molar-refractivity contribution < 1.29 is 0 Å². The van der Waals surface area contributed by atoms with Crippen LogP contribution in [0.2, 0.25) is 0 Å². The second-order valence-electron chi connectivity index (χ2n) is 7.83. The van der Waals surface area contributed by atoms with Crippen molar-refractivity contribution in [2.45, 2.75) is 26.8 Å². The molecule has 29 heavy (non-hydrogen) atoms. The summed E-state index contributed by atoms with van der Waals surface area (Å²) in [5.74, 6) is 0.597. The summed E-state index contributed by atoms with van der Waals surface area (Å²) in [5.41, 5.74) is 4.30. The molecule has 152 valence electrons. The van der Waals surface area contributed by atoms with Crippen LogP contribution in [-0.4, -0.2) is 58.0 Å². The fourth-order valence-electron chi connectivity index (χ4n) is 3.69. The molecule has 1 saturated heterocycles. The van der Waals surface area contributed by atoms with Gasteiger partial charge in [-0.1, -0.05) is 6.07 Å². The van der Waals surface area contributed by atoms with Gasteiger partial charge in [0.15, 0.2) is 0 Å². The van der Waals surface area contributed by atoms with E-state index in [1.807, 2.05) is 12.3 Å². The van der Waals surface area contributed by atoms with Crippen LogP contribution in [0.3, 0.4) is 0 Å². The minimum atomic E-state index is 0.597. The SMILES string of the molecule is Cc1cc(C)cc(Nc2nccc(-c3ncc(CN4CCCN(C)CC4)s3)n2)c1. The minimum absolute atomic E-state index is 0.597. The van der Waals surface area contributed by atoms with Gasteiger partial charge in [-0.15, -0.1) is 11.3 Å². The van der Waals surface area contributed by atoms with Crippen LogP contribution in [0, 0.1) is 13.8 Å². The lowest BCUT2D eigenvalue weighted by Gasteiger charge is -2.18. The maximum Gasteiger partial charge on any atom is 0.227 e. The van der Waals surface area contributed by atoms with E-state index >= 15 is 0 Å². The molecule has 3 heterocycles. The standard InChI is InChI=1S/C22H28N6S/c1-16-11-17(2)13-18(12-16)25-22-23-6-5-20(26-22)21-24-14-19(29-21)15-28-8-4-7-27(3)9-10-28/h5-6,11-14H,4,7-10,15H2,1-3H3,(H,23,25,26). The molecule has 0 atom stereocenters. The molecule has 0 radical (unpaired) electrons. The first-order valence-corrected chi connectivity index (χ1v) is 10.9. The van der Waals surface area contributed by atoms with Gasteiger partial charge in [0.1, 0.15) is 10.7 Å². The number of aryl methyl sites for hydroxylation is 2. The van der Waals surface area contributed by atoms with Crippen LogP contribution in [-0.2, 0) is 6.54 Å². The van der Waals surface area contributed by atoms with Crippen LogP contribution in [0.4, 0.5) is 11.6 Å². The smallest absolute Gasteiger partial charge is 0.227 e. The molecule has 0 aliphatic carbocycles. The molecule has 3 aromatic rings. The number of aromatic nitrogens is 3. The molecule has 1 N–H and O–H groups in total. The molecule has 1 aliphatic heterocycles. The van der Waals surface area contributed by atoms with E-state index in [1.165, 1.54) is 29.0 Å². The highest BCUT2D eigenvalue weighted by atomic mass is 32.1. The van der Waals surface area contributed by atoms with Gasteiger partial charge in [0.2, 0.25) is 5.95 Å². The fourth-order valence-corrected chi connectivity index (χ4v) is 4.62. The molecule has 1 aromatic carbocycles. The summed E-state index contributed by atoms with van der Waals surface area (Å²) in [6.07, 6.45) is 5.01. The largest absolute Gasteiger partial charge is 0.324 e. The van der Waals surface area contributed by atoms with Gasteiger partial charge in [-0.05, 0) is 69.7 Å². The van der Waals surface area contributed by atoms with Crippen molar-refractivity contribution in [3.05, 3.63) is 52.7 Å². The minimum Gasteiger partial charge on any atom is -0.324 e. The Labute approximate surface area is 176 Å². The Balaban J connectivity index is 1.46. The van der Waals surface area contributed by atoms with Crippen LogP contribution in [0.5, 0.6) is 0 Å². The molecule has 0 spiro atoms. The van der Waals surface area contributed by atoms with Crippen molar-refractivity contribution in [1.82, 2.24) is 24.8 Å². The van der Waals surface area contributed by atoms with Gasteiger partial charge < -0.3 is 10.2 Å². The van der Waals surface area contributed by atoms with E-state index in [9.17, 15) is 0 Å². The summed E-state index contributed by atoms with van der Waals surface area (Å²) in [6.45, 7) is 9.72. The zero-order valence-corrected chi connectivity index (χ0v) is 18.2. The van der Waals surface area contributed by atoms with E-state index in [2.05, 4.69) is 69.2 Å². The van der Waals surface area contributed by atoms with E-state index in [0.29, 0.717) is 5.95 Å². The Morgan fingerprint density at radius 2 is 1.86 bits per heavy atom. The van der Waals surface area contributed by atoms with Crippen LogP contribution in [0.25, 0.3) is 10.7 Å². The molecule has 2 aromatic heterocycles. The lowest BCUT2D eigenvalue weighted by molar-refractivity contribution is 0.271. The molecule has 0 amide bonds. The van der Waals surface area contributed by atoms with Crippen molar-refractivity contribution in [2.75, 3.05) is 38.5 Å². The van der Waals surface area contributed by atoms with Gasteiger partial charge in [0, 0.05) is 42.6 Å². The Morgan fingerprint density at radius 1 is 1.03 bits per heavy atom. The number of nitrogens with zero attached hydrogens (tertiary/aromatic N) is 5. The summed E-state index contributed by atoms with van der Waals surface area (Å²) in [7, 11) is 2.20. The average Bonchev–Trinajstić information content (AvgIpc) is 3.04. The molecule has 1 fully saturated rings. The fraction of sp³-hybridized carbons (Fsp3) is 0.409. The lowest BCUT2D eigenvalue weighted by atomic mass is 10.1. The number of likely N-dealkylation sites (N-methyl/N-ethyl adjacent to an activating group) is 1. The maximum absolute atomic E-state index is 4.69. The molecule has 0 unspecified atom stereocenters. The number of hydrogen-bond acceptors (Lipinski definition) is 7. The molecule has 6 nitrogen and oxygen atoms in total. The third-order valence-corrected chi connectivity index (χ3v) is 6.10. The summed E-state index contributed by atoms with van der Waals surface area (Å²) >= 11 is 1.72. The summed E-state index contributed by atoms with van der Waals surface area (Å²) < 4.78 is 0. The van der Waals surface area contributed by atoms with Gasteiger partial charge in [-0.25, -0.2) is 15.0 Å². The zero-order chi connectivity index (χ0) is 20.2. The Kier molecular flexibility index (Phi) is 6.18. The third-order valence-electron chi connectivity index (χ3n) is 5.10. The second-order valence-corrected chi connectivity index (χ2v) is 8.95. The van der Waals surface area contributed by atoms with Crippen LogP contribution in [0.15, 0.2) is 36.7 Å². The lowest BCUT2D eigenvalue weighted by Crippen LogP contribution is -2.28. The molecular formula is C22H28N6S. The van der Waals surface area contributed by atoms with Gasteiger partial charge in [-0.3, -0.25) is 4.90 Å². The summed E-state index contributed by atoms with van der Waals surface area (Å²) in [5, 5.41) is 4.26. The quantitative estimate of drug-likeness (QED) is 0.686. The van der Waals surface area contributed by atoms with Gasteiger partial charge in [0.25, 0.3) is 0 Å². The monoisotopic (exact) mass is 408 g/mol. The normalized spacial score (nSPS) is 16.0. The average molecular weight is 409 g/mol. The summed E-state index contributed by atoms with van der Waals surface area (Å²) in [6, 6.07) is 8.28. The van der Waals surface area contributed by atoms with E-state index < -0.39 is 0 Å². The number of benzene rings is 1. The summed E-state index contributed by atoms with van der Waals surface area (Å²) in [4.78, 5) is 19.9. The van der Waals surface area contributed by atoms with Crippen LogP contribution < -0.4 is 5.32 Å². The third kappa shape index (κ3) is 5.38. The number of anilines is 2. The Bertz CT molecular complexity index is 949. The van der Waals surface area contributed by atoms with E-state index in [4.69, 9.17) is 0 Å². The van der Waals surface area contributed by atoms with Crippen LogP contribution >= 0.6 is 11.3 Å². The zero-order valence-electron chi connectivity index (χ0n) is 17.4. The predicted molar refractivity (Wildman–Crippen MR) is 120 cm³/mol. The number of rotatable bonds is 5. The van der Waals surface area contributed by atoms with E-state index in [0.717, 1.165) is 42.6 Å². The first-order chi connectivity index (χ1) is 14.0. The van der Waals surface area contributed by atoms with Gasteiger partial charge >= 0.3 is 0 Å². The van der Waals surface area contributed by atoms with Crippen molar-refractivity contribution in [1.29, 1.82) is 0 Å². The molecule has 1 aliphatic rings. The molecule has 0 bridgehead atoms. The Hall–Kier alpha value is -2.35. The molecule has 7 heteroatoms. The highest BCUT2D eigenvalue weighted by Crippen LogP contribution is 2.26. The van der Waals surface area contributed by atoms with Gasteiger partial charge in [-0.2, -0.15) is 0 Å². The molecular weight excluding hydrogens is 380 g/mol. The second kappa shape index (κ2) is 8.98. The highest BCUT2D eigenvalue weighted by molar-refractivity contribution is 7.14. The van der Waals surface area contributed by atoms with Crippen molar-refractivity contribution in [2.24, 2.45) is 0 Å². The molecule has 0 saturated carbocycles.